The normalized spacial score (nSPS) is 17.2. The van der Waals surface area contributed by atoms with Gasteiger partial charge in [0.25, 0.3) is 0 Å². The number of rotatable bonds is 5. The summed E-state index contributed by atoms with van der Waals surface area (Å²) in [7, 11) is 1.63. The van der Waals surface area contributed by atoms with Crippen LogP contribution in [0.2, 0.25) is 0 Å². The standard InChI is InChI=1S/C17H21N3O3S/c1-10(2)8-23-15-11(5-4-6-13(15)22-3)16-12-7-18-20-17(12)19-14(21)9-24-16/h4-7,10,16H,8-9H2,1-3H3,(H2,18,19,20,21)/t16-/m0/s1. The summed E-state index contributed by atoms with van der Waals surface area (Å²) in [6.45, 7) is 4.80. The number of aromatic nitrogens is 2. The van der Waals surface area contributed by atoms with Gasteiger partial charge in [-0.3, -0.25) is 9.89 Å². The molecule has 0 fully saturated rings. The number of nitrogens with one attached hydrogen (secondary N) is 2. The summed E-state index contributed by atoms with van der Waals surface area (Å²) < 4.78 is 11.5. The first-order valence-electron chi connectivity index (χ1n) is 7.84. The number of anilines is 1. The Morgan fingerprint density at radius 3 is 2.96 bits per heavy atom. The van der Waals surface area contributed by atoms with E-state index in [2.05, 4.69) is 29.4 Å². The number of thioether (sulfide) groups is 1. The van der Waals surface area contributed by atoms with Crippen LogP contribution in [-0.4, -0.2) is 35.6 Å². The van der Waals surface area contributed by atoms with E-state index in [0.717, 1.165) is 16.9 Å². The van der Waals surface area contributed by atoms with Crippen molar-refractivity contribution < 1.29 is 14.3 Å². The van der Waals surface area contributed by atoms with Crippen molar-refractivity contribution in [3.8, 4) is 11.5 Å². The van der Waals surface area contributed by atoms with Gasteiger partial charge in [0.2, 0.25) is 5.91 Å². The zero-order chi connectivity index (χ0) is 17.1. The maximum Gasteiger partial charge on any atom is 0.235 e. The van der Waals surface area contributed by atoms with Crippen molar-refractivity contribution in [1.82, 2.24) is 10.2 Å². The van der Waals surface area contributed by atoms with Crippen LogP contribution >= 0.6 is 11.8 Å². The molecule has 0 saturated carbocycles. The summed E-state index contributed by atoms with van der Waals surface area (Å²) in [5.41, 5.74) is 1.92. The van der Waals surface area contributed by atoms with E-state index in [1.165, 1.54) is 0 Å². The van der Waals surface area contributed by atoms with Crippen LogP contribution in [-0.2, 0) is 4.79 Å². The topological polar surface area (TPSA) is 76.2 Å². The number of hydrogen-bond acceptors (Lipinski definition) is 5. The predicted octanol–water partition coefficient (Wildman–Crippen LogP) is 3.23. The molecule has 1 aromatic carbocycles. The van der Waals surface area contributed by atoms with Crippen LogP contribution in [0.25, 0.3) is 0 Å². The third-order valence-corrected chi connectivity index (χ3v) is 4.94. The van der Waals surface area contributed by atoms with Crippen molar-refractivity contribution in [2.75, 3.05) is 24.8 Å². The fourth-order valence-corrected chi connectivity index (χ4v) is 3.69. The molecule has 2 N–H and O–H groups in total. The molecule has 3 rings (SSSR count). The molecule has 6 nitrogen and oxygen atoms in total. The van der Waals surface area contributed by atoms with Crippen LogP contribution in [0.3, 0.4) is 0 Å². The highest BCUT2D eigenvalue weighted by atomic mass is 32.2. The smallest absolute Gasteiger partial charge is 0.235 e. The highest BCUT2D eigenvalue weighted by Gasteiger charge is 2.29. The monoisotopic (exact) mass is 347 g/mol. The zero-order valence-corrected chi connectivity index (χ0v) is 14.8. The van der Waals surface area contributed by atoms with Gasteiger partial charge in [-0.15, -0.1) is 11.8 Å². The number of nitrogens with zero attached hydrogens (tertiary/aromatic N) is 1. The molecule has 7 heteroatoms. The Balaban J connectivity index is 2.04. The predicted molar refractivity (Wildman–Crippen MR) is 94.8 cm³/mol. The number of fused-ring (bicyclic) bond motifs is 1. The van der Waals surface area contributed by atoms with Gasteiger partial charge < -0.3 is 14.8 Å². The van der Waals surface area contributed by atoms with Gasteiger partial charge in [-0.25, -0.2) is 0 Å². The van der Waals surface area contributed by atoms with E-state index in [1.807, 2.05) is 18.2 Å². The molecule has 0 spiro atoms. The Kier molecular flexibility index (Phi) is 4.99. The third-order valence-electron chi connectivity index (χ3n) is 3.67. The molecule has 1 aliphatic heterocycles. The molecule has 0 radical (unpaired) electrons. The molecule has 1 atom stereocenters. The molecule has 0 saturated heterocycles. The zero-order valence-electron chi connectivity index (χ0n) is 14.0. The quantitative estimate of drug-likeness (QED) is 0.868. The number of aromatic amines is 1. The van der Waals surface area contributed by atoms with E-state index >= 15 is 0 Å². The Hall–Kier alpha value is -2.15. The Bertz CT molecular complexity index is 730. The van der Waals surface area contributed by atoms with Crippen molar-refractivity contribution in [3.63, 3.8) is 0 Å². The molecule has 0 aliphatic carbocycles. The lowest BCUT2D eigenvalue weighted by atomic mass is 10.0. The van der Waals surface area contributed by atoms with E-state index in [1.54, 1.807) is 25.1 Å². The van der Waals surface area contributed by atoms with Crippen molar-refractivity contribution in [2.45, 2.75) is 19.1 Å². The molecule has 24 heavy (non-hydrogen) atoms. The van der Waals surface area contributed by atoms with E-state index in [4.69, 9.17) is 9.47 Å². The van der Waals surface area contributed by atoms with E-state index in [0.29, 0.717) is 29.8 Å². The Morgan fingerprint density at radius 1 is 1.38 bits per heavy atom. The van der Waals surface area contributed by atoms with Crippen molar-refractivity contribution >= 4 is 23.5 Å². The van der Waals surface area contributed by atoms with E-state index in [9.17, 15) is 4.79 Å². The average Bonchev–Trinajstić information content (AvgIpc) is 2.95. The number of para-hydroxylation sites is 1. The fraction of sp³-hybridized carbons (Fsp3) is 0.412. The lowest BCUT2D eigenvalue weighted by Gasteiger charge is -2.21. The Labute approximate surface area is 145 Å². The number of benzene rings is 1. The van der Waals surface area contributed by atoms with Crippen LogP contribution in [0.1, 0.15) is 30.2 Å². The first kappa shape index (κ1) is 16.7. The summed E-state index contributed by atoms with van der Waals surface area (Å²) >= 11 is 1.55. The SMILES string of the molecule is COc1cccc([C@@H]2SCC(=O)Nc3[nH]ncc32)c1OCC(C)C. The van der Waals surface area contributed by atoms with Gasteiger partial charge in [-0.2, -0.15) is 5.10 Å². The number of amides is 1. The van der Waals surface area contributed by atoms with Gasteiger partial charge >= 0.3 is 0 Å². The van der Waals surface area contributed by atoms with Gasteiger partial charge in [0.15, 0.2) is 11.5 Å². The number of hydrogen-bond donors (Lipinski definition) is 2. The second-order valence-electron chi connectivity index (χ2n) is 6.02. The largest absolute Gasteiger partial charge is 0.493 e. The van der Waals surface area contributed by atoms with Crippen LogP contribution < -0.4 is 14.8 Å². The van der Waals surface area contributed by atoms with E-state index in [-0.39, 0.29) is 11.2 Å². The Morgan fingerprint density at radius 2 is 2.21 bits per heavy atom. The third kappa shape index (κ3) is 3.36. The van der Waals surface area contributed by atoms with Crippen molar-refractivity contribution in [3.05, 3.63) is 35.5 Å². The molecule has 2 heterocycles. The molecule has 0 unspecified atom stereocenters. The fourth-order valence-electron chi connectivity index (χ4n) is 2.58. The highest BCUT2D eigenvalue weighted by Crippen LogP contribution is 2.46. The lowest BCUT2D eigenvalue weighted by Crippen LogP contribution is -2.12. The van der Waals surface area contributed by atoms with Gasteiger partial charge in [-0.05, 0) is 12.0 Å². The van der Waals surface area contributed by atoms with Gasteiger partial charge in [-0.1, -0.05) is 26.0 Å². The first-order chi connectivity index (χ1) is 11.6. The van der Waals surface area contributed by atoms with Gasteiger partial charge in [0, 0.05) is 11.1 Å². The number of H-pyrrole nitrogens is 1. The van der Waals surface area contributed by atoms with Crippen LogP contribution in [0.4, 0.5) is 5.82 Å². The summed E-state index contributed by atoms with van der Waals surface area (Å²) in [6.07, 6.45) is 1.75. The molecule has 1 amide bonds. The molecule has 128 valence electrons. The van der Waals surface area contributed by atoms with Crippen LogP contribution in [0.5, 0.6) is 11.5 Å². The summed E-state index contributed by atoms with van der Waals surface area (Å²) in [6, 6.07) is 5.85. The number of carbonyl (C=O) groups excluding carboxylic acids is 1. The molecular weight excluding hydrogens is 326 g/mol. The van der Waals surface area contributed by atoms with Gasteiger partial charge in [0.05, 0.1) is 30.9 Å². The number of ether oxygens (including phenoxy) is 2. The maximum absolute atomic E-state index is 11.9. The summed E-state index contributed by atoms with van der Waals surface area (Å²) in [5, 5.41) is 9.73. The van der Waals surface area contributed by atoms with E-state index < -0.39 is 0 Å². The molecule has 1 aliphatic rings. The number of methoxy groups -OCH3 is 1. The number of carbonyl (C=O) groups is 1. The second-order valence-corrected chi connectivity index (χ2v) is 7.12. The average molecular weight is 347 g/mol. The molecular formula is C17H21N3O3S. The minimum Gasteiger partial charge on any atom is -0.493 e. The molecule has 2 aromatic rings. The van der Waals surface area contributed by atoms with Crippen LogP contribution in [0, 0.1) is 5.92 Å². The molecule has 0 bridgehead atoms. The maximum atomic E-state index is 11.9. The van der Waals surface area contributed by atoms with Crippen LogP contribution in [0.15, 0.2) is 24.4 Å². The second kappa shape index (κ2) is 7.17. The summed E-state index contributed by atoms with van der Waals surface area (Å²) in [5.74, 6) is 2.80. The van der Waals surface area contributed by atoms with Crippen molar-refractivity contribution in [1.29, 1.82) is 0 Å². The van der Waals surface area contributed by atoms with Crippen molar-refractivity contribution in [2.24, 2.45) is 5.92 Å². The highest BCUT2D eigenvalue weighted by molar-refractivity contribution is 8.00. The first-order valence-corrected chi connectivity index (χ1v) is 8.89. The summed E-state index contributed by atoms with van der Waals surface area (Å²) in [4.78, 5) is 11.9. The lowest BCUT2D eigenvalue weighted by molar-refractivity contribution is -0.113. The minimum atomic E-state index is -0.0602. The minimum absolute atomic E-state index is 0.0412. The van der Waals surface area contributed by atoms with Gasteiger partial charge in [0.1, 0.15) is 5.82 Å². The molecule has 1 aromatic heterocycles.